The Bertz CT molecular complexity index is 568. The summed E-state index contributed by atoms with van der Waals surface area (Å²) in [5.74, 6) is 1.99. The van der Waals surface area contributed by atoms with Crippen LogP contribution in [0.15, 0.2) is 10.6 Å². The normalized spacial score (nSPS) is 17.4. The summed E-state index contributed by atoms with van der Waals surface area (Å²) in [4.78, 5) is 7.02. The van der Waals surface area contributed by atoms with Gasteiger partial charge in [-0.3, -0.25) is 5.10 Å². The van der Waals surface area contributed by atoms with Crippen molar-refractivity contribution in [3.05, 3.63) is 17.6 Å². The molecule has 0 unspecified atom stereocenters. The number of nitrogens with one attached hydrogen (secondary N) is 1. The molecule has 0 radical (unpaired) electrons. The van der Waals surface area contributed by atoms with Gasteiger partial charge in [0.15, 0.2) is 11.5 Å². The number of hydrogen-bond acceptors (Lipinski definition) is 5. The van der Waals surface area contributed by atoms with Crippen molar-refractivity contribution in [2.45, 2.75) is 39.5 Å². The van der Waals surface area contributed by atoms with Crippen molar-refractivity contribution in [3.8, 4) is 11.6 Å². The van der Waals surface area contributed by atoms with Gasteiger partial charge >= 0.3 is 0 Å². The molecule has 2 aromatic heterocycles. The van der Waals surface area contributed by atoms with Gasteiger partial charge in [-0.2, -0.15) is 10.1 Å². The first-order chi connectivity index (χ1) is 10.2. The van der Waals surface area contributed by atoms with Crippen molar-refractivity contribution < 1.29 is 4.52 Å². The molecule has 0 saturated carbocycles. The van der Waals surface area contributed by atoms with Crippen LogP contribution in [0.5, 0.6) is 0 Å². The predicted molar refractivity (Wildman–Crippen MR) is 79.8 cm³/mol. The first-order valence-corrected chi connectivity index (χ1v) is 7.82. The van der Waals surface area contributed by atoms with Gasteiger partial charge in [-0.05, 0) is 57.8 Å². The van der Waals surface area contributed by atoms with Gasteiger partial charge in [0.1, 0.15) is 0 Å². The van der Waals surface area contributed by atoms with E-state index in [1.54, 1.807) is 0 Å². The van der Waals surface area contributed by atoms with Gasteiger partial charge < -0.3 is 9.42 Å². The number of aromatic nitrogens is 4. The van der Waals surface area contributed by atoms with Crippen LogP contribution in [0.2, 0.25) is 0 Å². The standard InChI is InChI=1S/C15H23N5O/c1-3-6-20-7-4-12(5-8-20)10-14-16-15(21-19-14)13-9-11(2)17-18-13/h9,12H,3-8,10H2,1-2H3,(H,17,18). The minimum absolute atomic E-state index is 0.512. The van der Waals surface area contributed by atoms with Gasteiger partial charge in [0.05, 0.1) is 0 Å². The third-order valence-corrected chi connectivity index (χ3v) is 4.11. The molecule has 21 heavy (non-hydrogen) atoms. The van der Waals surface area contributed by atoms with Crippen LogP contribution < -0.4 is 0 Å². The quantitative estimate of drug-likeness (QED) is 0.915. The Morgan fingerprint density at radius 3 is 2.86 bits per heavy atom. The van der Waals surface area contributed by atoms with Gasteiger partial charge in [-0.15, -0.1) is 0 Å². The number of aromatic amines is 1. The number of piperidine rings is 1. The highest BCUT2D eigenvalue weighted by Crippen LogP contribution is 2.22. The molecule has 3 heterocycles. The fourth-order valence-electron chi connectivity index (χ4n) is 2.96. The van der Waals surface area contributed by atoms with E-state index in [1.165, 1.54) is 38.9 Å². The van der Waals surface area contributed by atoms with E-state index in [9.17, 15) is 0 Å². The van der Waals surface area contributed by atoms with Gasteiger partial charge in [0.2, 0.25) is 0 Å². The predicted octanol–water partition coefficient (Wildman–Crippen LogP) is 2.43. The lowest BCUT2D eigenvalue weighted by atomic mass is 9.93. The van der Waals surface area contributed by atoms with Crippen LogP contribution in [0.4, 0.5) is 0 Å². The number of H-pyrrole nitrogens is 1. The molecule has 1 aliphatic rings. The smallest absolute Gasteiger partial charge is 0.278 e. The molecular weight excluding hydrogens is 266 g/mol. The van der Waals surface area contributed by atoms with E-state index in [1.807, 2.05) is 13.0 Å². The molecule has 0 aliphatic carbocycles. The summed E-state index contributed by atoms with van der Waals surface area (Å²) in [6.07, 6.45) is 4.60. The van der Waals surface area contributed by atoms with E-state index in [0.717, 1.165) is 23.6 Å². The molecular formula is C15H23N5O. The lowest BCUT2D eigenvalue weighted by Crippen LogP contribution is -2.34. The maximum Gasteiger partial charge on any atom is 0.278 e. The third-order valence-electron chi connectivity index (χ3n) is 4.11. The summed E-state index contributed by atoms with van der Waals surface area (Å²) in [6, 6.07) is 1.92. The minimum Gasteiger partial charge on any atom is -0.332 e. The Morgan fingerprint density at radius 1 is 1.38 bits per heavy atom. The lowest BCUT2D eigenvalue weighted by molar-refractivity contribution is 0.182. The second-order valence-corrected chi connectivity index (χ2v) is 5.94. The van der Waals surface area contributed by atoms with Crippen molar-refractivity contribution in [1.29, 1.82) is 0 Å². The number of hydrogen-bond donors (Lipinski definition) is 1. The fraction of sp³-hybridized carbons (Fsp3) is 0.667. The Labute approximate surface area is 124 Å². The summed E-state index contributed by atoms with van der Waals surface area (Å²) in [6.45, 7) is 7.81. The maximum absolute atomic E-state index is 5.31. The first-order valence-electron chi connectivity index (χ1n) is 7.82. The Balaban J connectivity index is 1.56. The van der Waals surface area contributed by atoms with E-state index in [-0.39, 0.29) is 0 Å². The molecule has 114 valence electrons. The molecule has 3 rings (SSSR count). The Kier molecular flexibility index (Phi) is 4.34. The zero-order valence-corrected chi connectivity index (χ0v) is 12.8. The average molecular weight is 289 g/mol. The van der Waals surface area contributed by atoms with Crippen molar-refractivity contribution >= 4 is 0 Å². The second-order valence-electron chi connectivity index (χ2n) is 5.94. The summed E-state index contributed by atoms with van der Waals surface area (Å²) in [7, 11) is 0. The van der Waals surface area contributed by atoms with Crippen LogP contribution in [0.25, 0.3) is 11.6 Å². The molecule has 2 aromatic rings. The van der Waals surface area contributed by atoms with E-state index in [0.29, 0.717) is 11.8 Å². The third kappa shape index (κ3) is 3.50. The maximum atomic E-state index is 5.31. The summed E-state index contributed by atoms with van der Waals surface area (Å²) in [5.41, 5.74) is 1.72. The van der Waals surface area contributed by atoms with E-state index < -0.39 is 0 Å². The van der Waals surface area contributed by atoms with Crippen LogP contribution in [0.3, 0.4) is 0 Å². The van der Waals surface area contributed by atoms with Crippen molar-refractivity contribution in [1.82, 2.24) is 25.2 Å². The molecule has 1 saturated heterocycles. The highest BCUT2D eigenvalue weighted by Gasteiger charge is 2.21. The Morgan fingerprint density at radius 2 is 2.19 bits per heavy atom. The molecule has 0 aromatic carbocycles. The molecule has 1 aliphatic heterocycles. The minimum atomic E-state index is 0.512. The van der Waals surface area contributed by atoms with E-state index in [2.05, 4.69) is 32.2 Å². The highest BCUT2D eigenvalue weighted by atomic mass is 16.5. The van der Waals surface area contributed by atoms with Crippen molar-refractivity contribution in [3.63, 3.8) is 0 Å². The van der Waals surface area contributed by atoms with E-state index >= 15 is 0 Å². The van der Waals surface area contributed by atoms with Crippen molar-refractivity contribution in [2.75, 3.05) is 19.6 Å². The zero-order valence-electron chi connectivity index (χ0n) is 12.8. The van der Waals surface area contributed by atoms with Crippen LogP contribution in [0, 0.1) is 12.8 Å². The van der Waals surface area contributed by atoms with Gasteiger partial charge in [-0.25, -0.2) is 0 Å². The molecule has 1 fully saturated rings. The number of likely N-dealkylation sites (tertiary alicyclic amines) is 1. The van der Waals surface area contributed by atoms with E-state index in [4.69, 9.17) is 4.52 Å². The van der Waals surface area contributed by atoms with Crippen LogP contribution in [-0.2, 0) is 6.42 Å². The molecule has 0 spiro atoms. The second kappa shape index (κ2) is 6.39. The summed E-state index contributed by atoms with van der Waals surface area (Å²) < 4.78 is 5.31. The topological polar surface area (TPSA) is 70.8 Å². The molecule has 6 nitrogen and oxygen atoms in total. The number of rotatable bonds is 5. The molecule has 0 bridgehead atoms. The fourth-order valence-corrected chi connectivity index (χ4v) is 2.96. The van der Waals surface area contributed by atoms with Crippen LogP contribution in [0.1, 0.15) is 37.7 Å². The molecule has 0 atom stereocenters. The number of nitrogens with zero attached hydrogens (tertiary/aromatic N) is 4. The highest BCUT2D eigenvalue weighted by molar-refractivity contribution is 5.46. The van der Waals surface area contributed by atoms with Crippen LogP contribution in [-0.4, -0.2) is 44.9 Å². The van der Waals surface area contributed by atoms with Crippen molar-refractivity contribution in [2.24, 2.45) is 5.92 Å². The lowest BCUT2D eigenvalue weighted by Gasteiger charge is -2.31. The monoisotopic (exact) mass is 289 g/mol. The van der Waals surface area contributed by atoms with Gasteiger partial charge in [0, 0.05) is 12.1 Å². The average Bonchev–Trinajstić information content (AvgIpc) is 3.10. The number of aryl methyl sites for hydroxylation is 1. The first kappa shape index (κ1) is 14.3. The molecule has 6 heteroatoms. The van der Waals surface area contributed by atoms with Gasteiger partial charge in [-0.1, -0.05) is 12.1 Å². The largest absolute Gasteiger partial charge is 0.332 e. The summed E-state index contributed by atoms with van der Waals surface area (Å²) in [5, 5.41) is 11.1. The zero-order chi connectivity index (χ0) is 14.7. The molecule has 0 amide bonds. The van der Waals surface area contributed by atoms with Crippen LogP contribution >= 0.6 is 0 Å². The molecule has 1 N–H and O–H groups in total. The summed E-state index contributed by atoms with van der Waals surface area (Å²) >= 11 is 0. The Hall–Kier alpha value is -1.69. The van der Waals surface area contributed by atoms with Gasteiger partial charge in [0.25, 0.3) is 5.89 Å². The SMILES string of the molecule is CCCN1CCC(Cc2noc(-c3cc(C)[nH]n3)n2)CC1.